The first-order chi connectivity index (χ1) is 68.2. The van der Waals surface area contributed by atoms with Crippen molar-refractivity contribution < 1.29 is 0 Å². The highest BCUT2D eigenvalue weighted by Crippen LogP contribution is 2.51. The van der Waals surface area contributed by atoms with Gasteiger partial charge >= 0.3 is 0 Å². The highest BCUT2D eigenvalue weighted by atomic mass is 32.1. The molecule has 0 saturated carbocycles. The van der Waals surface area contributed by atoms with Crippen LogP contribution in [0.1, 0.15) is 16.7 Å². The van der Waals surface area contributed by atoms with E-state index >= 15 is 0 Å². The predicted octanol–water partition coefficient (Wildman–Crippen LogP) is 37.8. The van der Waals surface area contributed by atoms with E-state index in [-0.39, 0.29) is 0 Å². The Morgan fingerprint density at radius 1 is 0.174 bits per heavy atom. The monoisotopic (exact) mass is 1820 g/mol. The number of nitrogens with zero attached hydrogens (tertiary/aromatic N) is 6. The summed E-state index contributed by atoms with van der Waals surface area (Å²) in [6.07, 6.45) is 0. The smallest absolute Gasteiger partial charge is 0.0562 e. The first-order valence-corrected chi connectivity index (χ1v) is 49.5. The summed E-state index contributed by atoms with van der Waals surface area (Å²) in [4.78, 5) is 7.23. The van der Waals surface area contributed by atoms with Crippen molar-refractivity contribution in [3.05, 3.63) is 508 Å². The average molecular weight is 1820 g/mol. The molecule has 21 aromatic carbocycles. The molecule has 9 heteroatoms. The molecule has 27 aromatic rings. The van der Waals surface area contributed by atoms with Crippen LogP contribution in [0.5, 0.6) is 0 Å². The Kier molecular flexibility index (Phi) is 21.1. The number of hydrogen-bond donors (Lipinski definition) is 0. The van der Waals surface area contributed by atoms with Gasteiger partial charge in [0.2, 0.25) is 0 Å². The maximum absolute atomic E-state index is 2.44. The van der Waals surface area contributed by atoms with Crippen LogP contribution >= 0.6 is 34.0 Å². The van der Waals surface area contributed by atoms with Gasteiger partial charge in [-0.25, -0.2) is 0 Å². The van der Waals surface area contributed by atoms with Crippen LogP contribution in [0.25, 0.3) is 176 Å². The molecule has 0 aliphatic heterocycles. The quantitative estimate of drug-likeness (QED) is 0.102. The molecule has 6 nitrogen and oxygen atoms in total. The lowest BCUT2D eigenvalue weighted by Crippen LogP contribution is -2.10. The molecule has 0 fully saturated rings. The minimum atomic E-state index is 1.12. The SMILES string of the molecule is Cc1ccc(N(c2cccc(-c3ccccc3)c2)c2cccc3c2c2ccccc2n3-c2ccc3sc4ccccc4c3c2)cc1.Cc1cccc(C)c1-c1ccc(N(c2ccccc2)c2cccc3c2c2ccccc2n3-c2ccc3sc4ccccc4c3c2)cc1.c1ccc(-c2cccc(N(c3ccccc3)c3cccc4c3c3ccccc3n4-c3ccc4sc5ccccc5c4c3)c2)cc1. The largest absolute Gasteiger partial charge is 0.310 e. The van der Waals surface area contributed by atoms with Crippen LogP contribution in [0.4, 0.5) is 51.2 Å². The second-order valence-electron chi connectivity index (χ2n) is 35.6. The third-order valence-corrected chi connectivity index (χ3v) is 30.7. The minimum absolute atomic E-state index is 1.12. The zero-order chi connectivity index (χ0) is 91.8. The average Bonchev–Trinajstić information content (AvgIpc) is 1.57. The van der Waals surface area contributed by atoms with Crippen molar-refractivity contribution in [1.29, 1.82) is 0 Å². The van der Waals surface area contributed by atoms with Gasteiger partial charge in [0.15, 0.2) is 0 Å². The number of anilines is 9. The summed E-state index contributed by atoms with van der Waals surface area (Å²) in [6, 6.07) is 179. The number of aromatic nitrogens is 3. The van der Waals surface area contributed by atoms with Gasteiger partial charge in [-0.15, -0.1) is 34.0 Å². The third-order valence-electron chi connectivity index (χ3n) is 27.2. The number of fused-ring (bicyclic) bond motifs is 18. The fraction of sp³-hybridized carbons (Fsp3) is 0.0233. The normalized spacial score (nSPS) is 11.6. The van der Waals surface area contributed by atoms with Crippen molar-refractivity contribution in [2.45, 2.75) is 20.8 Å². The molecule has 6 heterocycles. The van der Waals surface area contributed by atoms with Crippen molar-refractivity contribution >= 4 is 211 Å². The van der Waals surface area contributed by atoms with E-state index in [9.17, 15) is 0 Å². The van der Waals surface area contributed by atoms with Crippen molar-refractivity contribution in [1.82, 2.24) is 13.7 Å². The summed E-state index contributed by atoms with van der Waals surface area (Å²) in [7, 11) is 0. The molecule has 138 heavy (non-hydrogen) atoms. The Balaban J connectivity index is 0.000000110. The number of thiophene rings is 3. The van der Waals surface area contributed by atoms with Crippen LogP contribution < -0.4 is 14.7 Å². The van der Waals surface area contributed by atoms with E-state index in [2.05, 4.69) is 541 Å². The molecule has 0 spiro atoms. The first kappa shape index (κ1) is 82.9. The van der Waals surface area contributed by atoms with Gasteiger partial charge in [0.1, 0.15) is 0 Å². The molecule has 6 aromatic heterocycles. The van der Waals surface area contributed by atoms with E-state index in [1.807, 2.05) is 34.0 Å². The Bertz CT molecular complexity index is 9310. The number of benzene rings is 21. The molecule has 0 saturated heterocycles. The van der Waals surface area contributed by atoms with Crippen molar-refractivity contribution in [3.63, 3.8) is 0 Å². The van der Waals surface area contributed by atoms with Gasteiger partial charge in [0.25, 0.3) is 0 Å². The Hall–Kier alpha value is -16.9. The summed E-state index contributed by atoms with van der Waals surface area (Å²) < 4.78 is 15.2. The highest BCUT2D eigenvalue weighted by molar-refractivity contribution is 7.26. The van der Waals surface area contributed by atoms with Gasteiger partial charge < -0.3 is 28.4 Å². The van der Waals surface area contributed by atoms with Gasteiger partial charge in [0.05, 0.1) is 50.2 Å². The molecule has 0 amide bonds. The van der Waals surface area contributed by atoms with Crippen LogP contribution in [-0.4, -0.2) is 13.7 Å². The highest BCUT2D eigenvalue weighted by Gasteiger charge is 2.28. The van der Waals surface area contributed by atoms with Crippen LogP contribution in [-0.2, 0) is 0 Å². The lowest BCUT2D eigenvalue weighted by atomic mass is 9.95. The molecule has 0 atom stereocenters. The van der Waals surface area contributed by atoms with E-state index in [1.54, 1.807) is 0 Å². The summed E-state index contributed by atoms with van der Waals surface area (Å²) >= 11 is 5.58. The van der Waals surface area contributed by atoms with Crippen molar-refractivity contribution in [2.75, 3.05) is 14.7 Å². The molecule has 0 radical (unpaired) electrons. The topological polar surface area (TPSA) is 24.5 Å². The van der Waals surface area contributed by atoms with E-state index in [0.717, 1.165) is 51.2 Å². The zero-order valence-corrected chi connectivity index (χ0v) is 78.6. The standard InChI is InChI=1S/C44H32N2S.C43H30N2S.C42H28N2S/c1-29-12-10-13-30(2)43(29)31-22-24-33(25-23-31)45(32-14-4-3-5-15-32)39-19-11-20-40-44(39)36-17-6-8-18-38(36)46(40)34-26-27-42-37(28-34)35-16-7-9-21-41(35)47-42;1-29-21-23-32(24-22-29)44(33-14-9-13-31(27-33)30-11-3-2-4-12-30)39-18-10-19-40-43(39)36-16-5-7-17-38(36)45(40)34-25-26-42-37(28-34)35-15-6-8-20-41(35)46-42;1-3-13-29(14-4-1)30-15-11-18-32(27-30)43(31-16-5-2-6-17-31)38-22-12-23-39-42(38)35-20-7-9-21-37(35)44(39)33-25-26-41-36(28-33)34-19-8-10-24-40(34)45-41/h3-28H,1-2H3;2-28H,1H3;1-28H. The fourth-order valence-corrected chi connectivity index (χ4v) is 24.3. The van der Waals surface area contributed by atoms with Crippen molar-refractivity contribution in [2.24, 2.45) is 0 Å². The van der Waals surface area contributed by atoms with E-state index in [1.165, 1.54) is 193 Å². The Labute approximate surface area is 812 Å². The first-order valence-electron chi connectivity index (χ1n) is 47.1. The predicted molar refractivity (Wildman–Crippen MR) is 596 cm³/mol. The third kappa shape index (κ3) is 14.7. The summed E-state index contributed by atoms with van der Waals surface area (Å²) in [5, 5.41) is 15.3. The maximum Gasteiger partial charge on any atom is 0.0562 e. The van der Waals surface area contributed by atoms with Gasteiger partial charge in [-0.1, -0.05) is 297 Å². The summed E-state index contributed by atoms with van der Waals surface area (Å²) in [5.41, 5.74) is 32.1. The maximum atomic E-state index is 2.44. The van der Waals surface area contributed by atoms with Gasteiger partial charge in [-0.2, -0.15) is 0 Å². The lowest BCUT2D eigenvalue weighted by Gasteiger charge is -2.27. The Morgan fingerprint density at radius 2 is 0.442 bits per heavy atom. The molecule has 0 N–H and O–H groups in total. The zero-order valence-electron chi connectivity index (χ0n) is 76.2. The summed E-state index contributed by atoms with van der Waals surface area (Å²) in [6.45, 7) is 6.54. The second kappa shape index (κ2) is 35.2. The van der Waals surface area contributed by atoms with Crippen LogP contribution in [0.15, 0.2) is 491 Å². The lowest BCUT2D eigenvalue weighted by molar-refractivity contribution is 1.18. The molecule has 0 unspecified atom stereocenters. The number of rotatable bonds is 15. The van der Waals surface area contributed by atoms with Crippen molar-refractivity contribution in [3.8, 4) is 50.4 Å². The van der Waals surface area contributed by atoms with Crippen LogP contribution in [0, 0.1) is 20.8 Å². The number of para-hydroxylation sites is 5. The minimum Gasteiger partial charge on any atom is -0.310 e. The molecule has 0 aliphatic carbocycles. The molecule has 0 aliphatic rings. The molecule has 27 rings (SSSR count). The van der Waals surface area contributed by atoms with Gasteiger partial charge in [0, 0.05) is 144 Å². The number of hydrogen-bond acceptors (Lipinski definition) is 6. The van der Waals surface area contributed by atoms with Gasteiger partial charge in [-0.3, -0.25) is 0 Å². The second-order valence-corrected chi connectivity index (χ2v) is 38.8. The fourth-order valence-electron chi connectivity index (χ4n) is 21.0. The van der Waals surface area contributed by atoms with Gasteiger partial charge in [-0.05, 0) is 265 Å². The Morgan fingerprint density at radius 3 is 0.812 bits per heavy atom. The number of aryl methyl sites for hydroxylation is 3. The molecule has 0 bridgehead atoms. The van der Waals surface area contributed by atoms with E-state index < -0.39 is 0 Å². The van der Waals surface area contributed by atoms with Crippen LogP contribution in [0.2, 0.25) is 0 Å². The summed E-state index contributed by atoms with van der Waals surface area (Å²) in [5.74, 6) is 0. The van der Waals surface area contributed by atoms with Crippen LogP contribution in [0.3, 0.4) is 0 Å². The molecular weight excluding hydrogens is 1730 g/mol. The van der Waals surface area contributed by atoms with E-state index in [0.29, 0.717) is 0 Å². The van der Waals surface area contributed by atoms with E-state index in [4.69, 9.17) is 0 Å². The molecule has 654 valence electrons. The molecular formula is C129H90N6S3.